The van der Waals surface area contributed by atoms with Crippen LogP contribution in [0.5, 0.6) is 0 Å². The molecule has 1 unspecified atom stereocenters. The highest BCUT2D eigenvalue weighted by atomic mass is 19.1. The van der Waals surface area contributed by atoms with Gasteiger partial charge in [-0.05, 0) is 52.7 Å². The molecule has 1 aliphatic rings. The topological polar surface area (TPSA) is 26.3 Å². The summed E-state index contributed by atoms with van der Waals surface area (Å²) in [6, 6.07) is 4.68. The first-order valence-corrected chi connectivity index (χ1v) is 6.63. The fraction of sp³-hybridized carbons (Fsp3) is 0.562. The largest absolute Gasteiger partial charge is 0.369 e. The third kappa shape index (κ3) is 2.71. The maximum atomic E-state index is 13.6. The summed E-state index contributed by atoms with van der Waals surface area (Å²) in [6.07, 6.45) is 0.661. The summed E-state index contributed by atoms with van der Waals surface area (Å²) in [6.45, 7) is 9.51. The lowest BCUT2D eigenvalue weighted by atomic mass is 9.81. The molecule has 1 aliphatic heterocycles. The van der Waals surface area contributed by atoms with Gasteiger partial charge in [0, 0.05) is 5.56 Å². The molecule has 19 heavy (non-hydrogen) atoms. The summed E-state index contributed by atoms with van der Waals surface area (Å²) in [7, 11) is 0. The average Bonchev–Trinajstić information content (AvgIpc) is 2.49. The minimum absolute atomic E-state index is 0.0329. The molecule has 0 bridgehead atoms. The lowest BCUT2D eigenvalue weighted by molar-refractivity contribution is -0.0712. The standard InChI is InChI=1S/C16H21FO2/c1-10-6-7-11(8-13(10)17)14(18)12-9-15(2,3)19-16(12,4)5/h6-8,12H,9H2,1-5H3. The van der Waals surface area contributed by atoms with Crippen LogP contribution >= 0.6 is 0 Å². The number of carbonyl (C=O) groups excluding carboxylic acids is 1. The predicted octanol–water partition coefficient (Wildman–Crippen LogP) is 3.91. The molecule has 1 aromatic carbocycles. The quantitative estimate of drug-likeness (QED) is 0.757. The molecular weight excluding hydrogens is 243 g/mol. The Kier molecular flexibility index (Phi) is 3.29. The van der Waals surface area contributed by atoms with E-state index in [-0.39, 0.29) is 23.1 Å². The van der Waals surface area contributed by atoms with Crippen molar-refractivity contribution in [2.75, 3.05) is 0 Å². The Bertz CT molecular complexity index is 517. The van der Waals surface area contributed by atoms with Crippen LogP contribution in [-0.2, 0) is 4.74 Å². The first kappa shape index (κ1) is 14.2. The fourth-order valence-corrected chi connectivity index (χ4v) is 2.92. The van der Waals surface area contributed by atoms with Crippen LogP contribution in [0.25, 0.3) is 0 Å². The highest BCUT2D eigenvalue weighted by Gasteiger charge is 2.49. The van der Waals surface area contributed by atoms with Gasteiger partial charge in [0.15, 0.2) is 5.78 Å². The molecule has 1 aromatic rings. The van der Waals surface area contributed by atoms with Gasteiger partial charge in [0.05, 0.1) is 17.1 Å². The van der Waals surface area contributed by atoms with Gasteiger partial charge < -0.3 is 4.74 Å². The van der Waals surface area contributed by atoms with Crippen molar-refractivity contribution in [3.8, 4) is 0 Å². The van der Waals surface area contributed by atoms with E-state index < -0.39 is 5.60 Å². The van der Waals surface area contributed by atoms with Crippen LogP contribution < -0.4 is 0 Å². The second-order valence-electron chi connectivity index (χ2n) is 6.55. The molecule has 3 heteroatoms. The zero-order valence-corrected chi connectivity index (χ0v) is 12.2. The number of ether oxygens (including phenoxy) is 1. The van der Waals surface area contributed by atoms with Crippen molar-refractivity contribution >= 4 is 5.78 Å². The van der Waals surface area contributed by atoms with Gasteiger partial charge in [0.1, 0.15) is 5.82 Å². The van der Waals surface area contributed by atoms with E-state index in [9.17, 15) is 9.18 Å². The second-order valence-corrected chi connectivity index (χ2v) is 6.55. The number of rotatable bonds is 2. The zero-order chi connectivity index (χ0) is 14.4. The van der Waals surface area contributed by atoms with Crippen molar-refractivity contribution in [1.82, 2.24) is 0 Å². The Hall–Kier alpha value is -1.22. The normalized spacial score (nSPS) is 24.4. The molecule has 0 spiro atoms. The van der Waals surface area contributed by atoms with Crippen LogP contribution in [0.3, 0.4) is 0 Å². The number of hydrogen-bond donors (Lipinski definition) is 0. The highest BCUT2D eigenvalue weighted by Crippen LogP contribution is 2.43. The maximum absolute atomic E-state index is 13.6. The van der Waals surface area contributed by atoms with Crippen molar-refractivity contribution < 1.29 is 13.9 Å². The number of carbonyl (C=O) groups is 1. The van der Waals surface area contributed by atoms with Gasteiger partial charge in [-0.25, -0.2) is 4.39 Å². The van der Waals surface area contributed by atoms with Crippen LogP contribution in [-0.4, -0.2) is 17.0 Å². The van der Waals surface area contributed by atoms with E-state index in [4.69, 9.17) is 4.74 Å². The van der Waals surface area contributed by atoms with Crippen molar-refractivity contribution in [3.05, 3.63) is 35.1 Å². The van der Waals surface area contributed by atoms with Gasteiger partial charge in [0.25, 0.3) is 0 Å². The van der Waals surface area contributed by atoms with E-state index in [2.05, 4.69) is 0 Å². The highest BCUT2D eigenvalue weighted by molar-refractivity contribution is 5.98. The molecule has 1 saturated heterocycles. The number of Topliss-reactive ketones (excluding diaryl/α,β-unsaturated/α-hetero) is 1. The van der Waals surface area contributed by atoms with E-state index in [1.165, 1.54) is 6.07 Å². The minimum Gasteiger partial charge on any atom is -0.369 e. The molecule has 104 valence electrons. The summed E-state index contributed by atoms with van der Waals surface area (Å²) in [5.41, 5.74) is 0.163. The number of ketones is 1. The number of halogens is 1. The Labute approximate surface area is 114 Å². The molecule has 0 amide bonds. The van der Waals surface area contributed by atoms with Crippen molar-refractivity contribution in [2.45, 2.75) is 52.2 Å². The number of aryl methyl sites for hydroxylation is 1. The summed E-state index contributed by atoms with van der Waals surface area (Å²) in [5, 5.41) is 0. The lowest BCUT2D eigenvalue weighted by Crippen LogP contribution is -2.33. The molecular formula is C16H21FO2. The Balaban J connectivity index is 2.31. The van der Waals surface area contributed by atoms with E-state index in [0.717, 1.165) is 0 Å². The summed E-state index contributed by atoms with van der Waals surface area (Å²) in [4.78, 5) is 12.6. The van der Waals surface area contributed by atoms with Gasteiger partial charge in [-0.15, -0.1) is 0 Å². The molecule has 2 nitrogen and oxygen atoms in total. The first-order valence-electron chi connectivity index (χ1n) is 6.63. The van der Waals surface area contributed by atoms with E-state index in [1.54, 1.807) is 19.1 Å². The van der Waals surface area contributed by atoms with E-state index in [0.29, 0.717) is 17.5 Å². The van der Waals surface area contributed by atoms with Gasteiger partial charge >= 0.3 is 0 Å². The molecule has 1 atom stereocenters. The van der Waals surface area contributed by atoms with E-state index in [1.807, 2.05) is 27.7 Å². The monoisotopic (exact) mass is 264 g/mol. The van der Waals surface area contributed by atoms with Crippen LogP contribution in [0, 0.1) is 18.7 Å². The summed E-state index contributed by atoms with van der Waals surface area (Å²) < 4.78 is 19.5. The SMILES string of the molecule is Cc1ccc(C(=O)C2CC(C)(C)OC2(C)C)cc1F. The summed E-state index contributed by atoms with van der Waals surface area (Å²) >= 11 is 0. The van der Waals surface area contributed by atoms with Gasteiger partial charge in [-0.2, -0.15) is 0 Å². The molecule has 0 radical (unpaired) electrons. The van der Waals surface area contributed by atoms with Gasteiger partial charge in [-0.3, -0.25) is 4.79 Å². The third-order valence-electron chi connectivity index (χ3n) is 3.85. The third-order valence-corrected chi connectivity index (χ3v) is 3.85. The average molecular weight is 264 g/mol. The zero-order valence-electron chi connectivity index (χ0n) is 12.2. The van der Waals surface area contributed by atoms with Crippen LogP contribution in [0.4, 0.5) is 4.39 Å². The van der Waals surface area contributed by atoms with Crippen LogP contribution in [0.2, 0.25) is 0 Å². The Morgan fingerprint density at radius 2 is 1.95 bits per heavy atom. The number of benzene rings is 1. The fourth-order valence-electron chi connectivity index (χ4n) is 2.92. The first-order chi connectivity index (χ1) is 8.62. The molecule has 0 aromatic heterocycles. The van der Waals surface area contributed by atoms with Gasteiger partial charge in [-0.1, -0.05) is 12.1 Å². The summed E-state index contributed by atoms with van der Waals surface area (Å²) in [5.74, 6) is -0.596. The van der Waals surface area contributed by atoms with Crippen molar-refractivity contribution in [2.24, 2.45) is 5.92 Å². The van der Waals surface area contributed by atoms with Crippen molar-refractivity contribution in [3.63, 3.8) is 0 Å². The molecule has 0 saturated carbocycles. The maximum Gasteiger partial charge on any atom is 0.169 e. The smallest absolute Gasteiger partial charge is 0.169 e. The molecule has 0 N–H and O–H groups in total. The van der Waals surface area contributed by atoms with E-state index >= 15 is 0 Å². The number of hydrogen-bond acceptors (Lipinski definition) is 2. The Morgan fingerprint density at radius 3 is 2.42 bits per heavy atom. The second kappa shape index (κ2) is 4.41. The predicted molar refractivity (Wildman–Crippen MR) is 72.8 cm³/mol. The van der Waals surface area contributed by atoms with Crippen molar-refractivity contribution in [1.29, 1.82) is 0 Å². The molecule has 2 rings (SSSR count). The van der Waals surface area contributed by atoms with Crippen LogP contribution in [0.15, 0.2) is 18.2 Å². The molecule has 0 aliphatic carbocycles. The molecule has 1 fully saturated rings. The minimum atomic E-state index is -0.512. The molecule has 1 heterocycles. The van der Waals surface area contributed by atoms with Gasteiger partial charge in [0.2, 0.25) is 0 Å². The van der Waals surface area contributed by atoms with Crippen LogP contribution in [0.1, 0.15) is 50.0 Å². The Morgan fingerprint density at radius 1 is 1.32 bits per heavy atom. The lowest BCUT2D eigenvalue weighted by Gasteiger charge is -2.26.